The Morgan fingerprint density at radius 1 is 0.292 bits per heavy atom. The van der Waals surface area contributed by atoms with E-state index in [4.69, 9.17) is 15.0 Å². The standard InChI is InChI=1S/C61H37N3S/c1-2-18-39(19-3-1)57-62-58(41-35-36-43-40(37-41)34-33-38-17-4-5-20-42(38)43)64-59(63-57)46-23-16-32-55-56(46)61(53-30-14-15-31-54(53)65-55)51-28-12-10-26-49(51)60(50-27-11-13-29-52(50)61)47-24-8-6-21-44(47)45-22-7-9-25-48(45)60/h1-37H. The zero-order valence-electron chi connectivity index (χ0n) is 35.1. The van der Waals surface area contributed by atoms with Crippen LogP contribution >= 0.6 is 11.8 Å². The van der Waals surface area contributed by atoms with E-state index in [1.807, 2.05) is 17.8 Å². The average molecular weight is 844 g/mol. The summed E-state index contributed by atoms with van der Waals surface area (Å²) in [5.74, 6) is 1.93. The Kier molecular flexibility index (Phi) is 7.75. The highest BCUT2D eigenvalue weighted by molar-refractivity contribution is 7.99. The number of nitrogens with zero attached hydrogens (tertiary/aromatic N) is 3. The Morgan fingerprint density at radius 3 is 1.49 bits per heavy atom. The fraction of sp³-hybridized carbons (Fsp3) is 0.0328. The van der Waals surface area contributed by atoms with Crippen molar-refractivity contribution in [1.82, 2.24) is 15.0 Å². The van der Waals surface area contributed by atoms with Crippen molar-refractivity contribution in [3.8, 4) is 45.3 Å². The van der Waals surface area contributed by atoms with Gasteiger partial charge < -0.3 is 0 Å². The number of fused-ring (bicyclic) bond motifs is 18. The molecule has 0 N–H and O–H groups in total. The van der Waals surface area contributed by atoms with Gasteiger partial charge in [0.2, 0.25) is 0 Å². The first-order chi connectivity index (χ1) is 32.2. The molecule has 0 atom stereocenters. The highest BCUT2D eigenvalue weighted by Crippen LogP contribution is 2.67. The van der Waals surface area contributed by atoms with Gasteiger partial charge in [-0.1, -0.05) is 218 Å². The number of aromatic nitrogens is 3. The molecule has 2 heterocycles. The molecule has 0 unspecified atom stereocenters. The molecule has 1 aromatic heterocycles. The molecule has 4 heteroatoms. The lowest BCUT2D eigenvalue weighted by Crippen LogP contribution is -2.46. The van der Waals surface area contributed by atoms with Crippen LogP contribution in [0, 0.1) is 0 Å². The van der Waals surface area contributed by atoms with E-state index in [1.54, 1.807) is 0 Å². The molecule has 11 aromatic rings. The van der Waals surface area contributed by atoms with Crippen molar-refractivity contribution in [3.63, 3.8) is 0 Å². The Bertz CT molecular complexity index is 3680. The molecule has 0 saturated carbocycles. The van der Waals surface area contributed by atoms with E-state index >= 15 is 0 Å². The molecular weight excluding hydrogens is 807 g/mol. The van der Waals surface area contributed by atoms with Crippen molar-refractivity contribution in [1.29, 1.82) is 0 Å². The molecule has 14 rings (SSSR count). The second kappa shape index (κ2) is 13.8. The van der Waals surface area contributed by atoms with Gasteiger partial charge in [0.15, 0.2) is 17.5 Å². The summed E-state index contributed by atoms with van der Waals surface area (Å²) < 4.78 is 0. The minimum absolute atomic E-state index is 0.539. The molecule has 65 heavy (non-hydrogen) atoms. The van der Waals surface area contributed by atoms with Crippen LogP contribution < -0.4 is 0 Å². The van der Waals surface area contributed by atoms with Gasteiger partial charge in [-0.3, -0.25) is 0 Å². The van der Waals surface area contributed by atoms with E-state index in [2.05, 4.69) is 218 Å². The molecule has 10 aromatic carbocycles. The van der Waals surface area contributed by atoms with Crippen LogP contribution in [0.1, 0.15) is 44.5 Å². The maximum Gasteiger partial charge on any atom is 0.164 e. The van der Waals surface area contributed by atoms with Crippen molar-refractivity contribution >= 4 is 33.3 Å². The van der Waals surface area contributed by atoms with Crippen molar-refractivity contribution < 1.29 is 0 Å². The Morgan fingerprint density at radius 2 is 0.785 bits per heavy atom. The molecule has 3 aliphatic rings. The zero-order valence-corrected chi connectivity index (χ0v) is 35.9. The highest BCUT2D eigenvalue weighted by atomic mass is 32.2. The molecule has 3 nitrogen and oxygen atoms in total. The van der Waals surface area contributed by atoms with Gasteiger partial charge in [0, 0.05) is 26.5 Å². The summed E-state index contributed by atoms with van der Waals surface area (Å²) in [5.41, 5.74) is 14.4. The van der Waals surface area contributed by atoms with Gasteiger partial charge in [-0.25, -0.2) is 15.0 Å². The Balaban J connectivity index is 1.08. The number of hydrogen-bond donors (Lipinski definition) is 0. The Hall–Kier alpha value is -7.92. The van der Waals surface area contributed by atoms with E-state index in [0.717, 1.165) is 22.1 Å². The summed E-state index contributed by atoms with van der Waals surface area (Å²) >= 11 is 1.84. The first-order valence-corrected chi connectivity index (χ1v) is 23.1. The van der Waals surface area contributed by atoms with E-state index in [0.29, 0.717) is 17.5 Å². The SMILES string of the molecule is c1ccc(-c2nc(-c3ccc4c(ccc5ccccc54)c3)nc(-c3cccc4c3C3(c5ccccc5S4)c4ccccc4C4(c5ccccc5-c5ccccc54)c4ccccc43)n2)cc1. The summed E-state index contributed by atoms with van der Waals surface area (Å²) in [7, 11) is 0. The fourth-order valence-electron chi connectivity index (χ4n) is 11.7. The minimum Gasteiger partial charge on any atom is -0.208 e. The summed E-state index contributed by atoms with van der Waals surface area (Å²) in [5, 5.41) is 4.81. The minimum atomic E-state index is -0.734. The quantitative estimate of drug-likeness (QED) is 0.166. The molecule has 2 aliphatic carbocycles. The molecule has 0 fully saturated rings. The maximum absolute atomic E-state index is 5.52. The topological polar surface area (TPSA) is 38.7 Å². The van der Waals surface area contributed by atoms with E-state index in [-0.39, 0.29) is 0 Å². The average Bonchev–Trinajstić information content (AvgIpc) is 3.68. The van der Waals surface area contributed by atoms with Crippen LogP contribution in [-0.4, -0.2) is 15.0 Å². The smallest absolute Gasteiger partial charge is 0.164 e. The number of hydrogen-bond acceptors (Lipinski definition) is 4. The van der Waals surface area contributed by atoms with Crippen LogP contribution in [-0.2, 0) is 10.8 Å². The number of benzene rings is 10. The van der Waals surface area contributed by atoms with E-state index in [1.165, 1.54) is 81.6 Å². The highest BCUT2D eigenvalue weighted by Gasteiger charge is 2.58. The lowest BCUT2D eigenvalue weighted by molar-refractivity contribution is 0.606. The third kappa shape index (κ3) is 4.95. The molecule has 0 amide bonds. The normalized spacial score (nSPS) is 14.3. The molecule has 0 radical (unpaired) electrons. The van der Waals surface area contributed by atoms with Crippen LogP contribution in [0.15, 0.2) is 234 Å². The van der Waals surface area contributed by atoms with Crippen LogP contribution in [0.25, 0.3) is 66.8 Å². The lowest BCUT2D eigenvalue weighted by Gasteiger charge is -2.52. The van der Waals surface area contributed by atoms with Gasteiger partial charge in [-0.15, -0.1) is 0 Å². The van der Waals surface area contributed by atoms with Crippen molar-refractivity contribution in [2.45, 2.75) is 20.6 Å². The summed E-state index contributed by atoms with van der Waals surface area (Å²) in [6.07, 6.45) is 0. The van der Waals surface area contributed by atoms with Crippen LogP contribution in [0.2, 0.25) is 0 Å². The van der Waals surface area contributed by atoms with Crippen LogP contribution in [0.3, 0.4) is 0 Å². The van der Waals surface area contributed by atoms with Gasteiger partial charge in [0.05, 0.1) is 10.8 Å². The van der Waals surface area contributed by atoms with Crippen molar-refractivity contribution in [2.24, 2.45) is 0 Å². The van der Waals surface area contributed by atoms with Gasteiger partial charge >= 0.3 is 0 Å². The van der Waals surface area contributed by atoms with Crippen molar-refractivity contribution in [3.05, 3.63) is 269 Å². The number of rotatable bonds is 3. The molecule has 2 spiro atoms. The van der Waals surface area contributed by atoms with Crippen LogP contribution in [0.5, 0.6) is 0 Å². The first-order valence-electron chi connectivity index (χ1n) is 22.3. The second-order valence-corrected chi connectivity index (χ2v) is 18.4. The third-order valence-electron chi connectivity index (χ3n) is 14.2. The molecule has 0 saturated heterocycles. The molecular formula is C61H37N3S. The molecule has 0 bridgehead atoms. The lowest BCUT2D eigenvalue weighted by atomic mass is 9.51. The maximum atomic E-state index is 5.52. The summed E-state index contributed by atoms with van der Waals surface area (Å²) in [4.78, 5) is 18.7. The summed E-state index contributed by atoms with van der Waals surface area (Å²) in [6.45, 7) is 0. The molecule has 1 aliphatic heterocycles. The van der Waals surface area contributed by atoms with Gasteiger partial charge in [-0.05, 0) is 95.4 Å². The predicted octanol–water partition coefficient (Wildman–Crippen LogP) is 14.7. The fourth-order valence-corrected chi connectivity index (χ4v) is 13.0. The van der Waals surface area contributed by atoms with Gasteiger partial charge in [0.1, 0.15) is 0 Å². The third-order valence-corrected chi connectivity index (χ3v) is 15.4. The molecule has 302 valence electrons. The van der Waals surface area contributed by atoms with E-state index in [9.17, 15) is 0 Å². The summed E-state index contributed by atoms with van der Waals surface area (Å²) in [6, 6.07) is 82.3. The predicted molar refractivity (Wildman–Crippen MR) is 264 cm³/mol. The van der Waals surface area contributed by atoms with Crippen LogP contribution in [0.4, 0.5) is 0 Å². The van der Waals surface area contributed by atoms with Crippen molar-refractivity contribution in [2.75, 3.05) is 0 Å². The monoisotopic (exact) mass is 843 g/mol. The van der Waals surface area contributed by atoms with Gasteiger partial charge in [-0.2, -0.15) is 0 Å². The van der Waals surface area contributed by atoms with Gasteiger partial charge in [0.25, 0.3) is 0 Å². The zero-order chi connectivity index (χ0) is 42.7. The first kappa shape index (κ1) is 36.6. The second-order valence-electron chi connectivity index (χ2n) is 17.4. The largest absolute Gasteiger partial charge is 0.208 e. The van der Waals surface area contributed by atoms with E-state index < -0.39 is 10.8 Å². The Labute approximate surface area is 381 Å².